The number of hydrogen-bond donors (Lipinski definition) is 0. The van der Waals surface area contributed by atoms with E-state index in [1.807, 2.05) is 13.8 Å². The zero-order valence-corrected chi connectivity index (χ0v) is 12.5. The molecule has 6 heteroatoms. The fourth-order valence-electron chi connectivity index (χ4n) is 3.13. The molecule has 3 rings (SSSR count). The lowest BCUT2D eigenvalue weighted by molar-refractivity contribution is -0.145. The first-order valence-electron chi connectivity index (χ1n) is 7.63. The van der Waals surface area contributed by atoms with Gasteiger partial charge in [-0.15, -0.1) is 0 Å². The van der Waals surface area contributed by atoms with E-state index in [1.54, 1.807) is 10.7 Å². The van der Waals surface area contributed by atoms with Crippen LogP contribution in [0.3, 0.4) is 0 Å². The van der Waals surface area contributed by atoms with Gasteiger partial charge in [-0.1, -0.05) is 6.92 Å². The summed E-state index contributed by atoms with van der Waals surface area (Å²) in [6.45, 7) is 6.00. The van der Waals surface area contributed by atoms with Crippen molar-refractivity contribution in [3.05, 3.63) is 27.7 Å². The van der Waals surface area contributed by atoms with Crippen molar-refractivity contribution in [3.8, 4) is 0 Å². The van der Waals surface area contributed by atoms with Crippen LogP contribution in [0.25, 0.3) is 0 Å². The van der Waals surface area contributed by atoms with E-state index in [0.29, 0.717) is 13.1 Å². The van der Waals surface area contributed by atoms with Gasteiger partial charge in [-0.2, -0.15) is 5.10 Å². The molecule has 0 aromatic carbocycles. The van der Waals surface area contributed by atoms with Gasteiger partial charge in [0.2, 0.25) is 0 Å². The number of ether oxygens (including phenoxy) is 1. The van der Waals surface area contributed by atoms with Gasteiger partial charge in [-0.3, -0.25) is 14.5 Å². The highest BCUT2D eigenvalue weighted by atomic mass is 16.6. The van der Waals surface area contributed by atoms with Gasteiger partial charge in [0.05, 0.1) is 5.69 Å². The lowest BCUT2D eigenvalue weighted by atomic mass is 10.0. The van der Waals surface area contributed by atoms with Gasteiger partial charge in [-0.25, -0.2) is 4.68 Å². The Hall–Kier alpha value is -1.69. The first-order valence-corrected chi connectivity index (χ1v) is 7.63. The molecule has 0 unspecified atom stereocenters. The van der Waals surface area contributed by atoms with Gasteiger partial charge in [0.25, 0.3) is 5.56 Å². The van der Waals surface area contributed by atoms with Crippen LogP contribution < -0.4 is 5.56 Å². The van der Waals surface area contributed by atoms with Gasteiger partial charge < -0.3 is 4.74 Å². The zero-order chi connectivity index (χ0) is 15.0. The largest absolute Gasteiger partial charge is 0.461 e. The molecular formula is C15H21N3O3. The smallest absolute Gasteiger partial charge is 0.323 e. The van der Waals surface area contributed by atoms with Crippen LogP contribution in [-0.2, 0) is 29.0 Å². The van der Waals surface area contributed by atoms with E-state index in [2.05, 4.69) is 10.00 Å². The number of fused-ring (bicyclic) bond motifs is 1. The molecule has 0 saturated carbocycles. The molecule has 0 N–H and O–H groups in total. The zero-order valence-electron chi connectivity index (χ0n) is 12.5. The summed E-state index contributed by atoms with van der Waals surface area (Å²) in [7, 11) is 0. The number of carbonyl (C=O) groups excluding carboxylic acids is 1. The van der Waals surface area contributed by atoms with Crippen molar-refractivity contribution in [2.45, 2.75) is 58.3 Å². The Kier molecular flexibility index (Phi) is 3.80. The molecule has 2 aliphatic rings. The standard InChI is InChI=1S/C15H21N3O3/c1-3-5-18-14(19)8-11-9-17(6-4-12(11)16-18)13-7-10(2)21-15(13)20/h8,10,13H,3-7,9H2,1-2H3/t10-,13+/m0/s1. The van der Waals surface area contributed by atoms with E-state index in [-0.39, 0.29) is 23.7 Å². The first kappa shape index (κ1) is 14.3. The number of hydrogen-bond acceptors (Lipinski definition) is 5. The second-order valence-electron chi connectivity index (χ2n) is 5.90. The second-order valence-corrected chi connectivity index (χ2v) is 5.90. The molecule has 1 aromatic heterocycles. The van der Waals surface area contributed by atoms with Crippen LogP contribution in [-0.4, -0.2) is 39.3 Å². The fourth-order valence-corrected chi connectivity index (χ4v) is 3.13. The first-order chi connectivity index (χ1) is 10.1. The van der Waals surface area contributed by atoms with Crippen LogP contribution in [0.4, 0.5) is 0 Å². The minimum atomic E-state index is -0.175. The van der Waals surface area contributed by atoms with Gasteiger partial charge in [0.15, 0.2) is 0 Å². The molecule has 0 bridgehead atoms. The molecule has 114 valence electrons. The Morgan fingerprint density at radius 1 is 1.43 bits per heavy atom. The Balaban J connectivity index is 1.81. The summed E-state index contributed by atoms with van der Waals surface area (Å²) < 4.78 is 6.77. The van der Waals surface area contributed by atoms with Crippen molar-refractivity contribution >= 4 is 5.97 Å². The summed E-state index contributed by atoms with van der Waals surface area (Å²) in [6.07, 6.45) is 2.38. The number of aryl methyl sites for hydroxylation is 1. The average Bonchev–Trinajstić information content (AvgIpc) is 2.78. The lowest BCUT2D eigenvalue weighted by Crippen LogP contribution is -2.43. The predicted octanol–water partition coefficient (Wildman–Crippen LogP) is 0.715. The van der Waals surface area contributed by atoms with Gasteiger partial charge in [0, 0.05) is 38.5 Å². The quantitative estimate of drug-likeness (QED) is 0.768. The molecule has 0 spiro atoms. The van der Waals surface area contributed by atoms with Crippen LogP contribution in [0.1, 0.15) is 37.9 Å². The molecule has 1 fully saturated rings. The third-order valence-electron chi connectivity index (χ3n) is 4.19. The second kappa shape index (κ2) is 5.60. The summed E-state index contributed by atoms with van der Waals surface area (Å²) in [5.41, 5.74) is 1.88. The van der Waals surface area contributed by atoms with Gasteiger partial charge in [0.1, 0.15) is 12.1 Å². The summed E-state index contributed by atoms with van der Waals surface area (Å²) in [5.74, 6) is -0.141. The molecule has 0 aliphatic carbocycles. The highest BCUT2D eigenvalue weighted by molar-refractivity contribution is 5.78. The third kappa shape index (κ3) is 2.72. The SMILES string of the molecule is CCCn1nc2c(cc1=O)CN([C@@H]1C[C@H](C)OC1=O)CC2. The van der Waals surface area contributed by atoms with Crippen LogP contribution in [0, 0.1) is 0 Å². The number of nitrogens with zero attached hydrogens (tertiary/aromatic N) is 3. The van der Waals surface area contributed by atoms with Crippen LogP contribution in [0.2, 0.25) is 0 Å². The van der Waals surface area contributed by atoms with E-state index < -0.39 is 0 Å². The number of cyclic esters (lactones) is 1. The number of carbonyl (C=O) groups is 1. The number of rotatable bonds is 3. The van der Waals surface area contributed by atoms with Crippen molar-refractivity contribution in [2.75, 3.05) is 6.54 Å². The topological polar surface area (TPSA) is 64.4 Å². The monoisotopic (exact) mass is 291 g/mol. The Morgan fingerprint density at radius 2 is 2.24 bits per heavy atom. The Bertz CT molecular complexity index is 611. The predicted molar refractivity (Wildman–Crippen MR) is 76.9 cm³/mol. The molecule has 0 radical (unpaired) electrons. The van der Waals surface area contributed by atoms with Crippen LogP contribution >= 0.6 is 0 Å². The molecule has 1 saturated heterocycles. The van der Waals surface area contributed by atoms with Crippen molar-refractivity contribution < 1.29 is 9.53 Å². The highest BCUT2D eigenvalue weighted by Crippen LogP contribution is 2.25. The van der Waals surface area contributed by atoms with E-state index in [9.17, 15) is 9.59 Å². The molecule has 2 atom stereocenters. The molecule has 1 aromatic rings. The molecule has 2 aliphatic heterocycles. The fraction of sp³-hybridized carbons (Fsp3) is 0.667. The van der Waals surface area contributed by atoms with E-state index in [1.165, 1.54) is 0 Å². The van der Waals surface area contributed by atoms with E-state index >= 15 is 0 Å². The summed E-state index contributed by atoms with van der Waals surface area (Å²) >= 11 is 0. The number of aromatic nitrogens is 2. The van der Waals surface area contributed by atoms with Crippen LogP contribution in [0.15, 0.2) is 10.9 Å². The molecule has 3 heterocycles. The average molecular weight is 291 g/mol. The normalized spacial score (nSPS) is 25.7. The third-order valence-corrected chi connectivity index (χ3v) is 4.19. The van der Waals surface area contributed by atoms with Crippen molar-refractivity contribution in [1.82, 2.24) is 14.7 Å². The van der Waals surface area contributed by atoms with E-state index in [0.717, 1.165) is 37.1 Å². The van der Waals surface area contributed by atoms with Crippen molar-refractivity contribution in [1.29, 1.82) is 0 Å². The molecule has 0 amide bonds. The maximum absolute atomic E-state index is 12.0. The Morgan fingerprint density at radius 3 is 2.90 bits per heavy atom. The van der Waals surface area contributed by atoms with Crippen molar-refractivity contribution in [2.24, 2.45) is 0 Å². The van der Waals surface area contributed by atoms with Crippen LogP contribution in [0.5, 0.6) is 0 Å². The maximum atomic E-state index is 12.0. The minimum Gasteiger partial charge on any atom is -0.461 e. The Labute approximate surface area is 123 Å². The van der Waals surface area contributed by atoms with E-state index in [4.69, 9.17) is 4.74 Å². The van der Waals surface area contributed by atoms with Gasteiger partial charge in [-0.05, 0) is 18.9 Å². The lowest BCUT2D eigenvalue weighted by Gasteiger charge is -2.31. The maximum Gasteiger partial charge on any atom is 0.323 e. The van der Waals surface area contributed by atoms with Crippen molar-refractivity contribution in [3.63, 3.8) is 0 Å². The molecule has 21 heavy (non-hydrogen) atoms. The molecule has 6 nitrogen and oxygen atoms in total. The van der Waals surface area contributed by atoms with Gasteiger partial charge >= 0.3 is 5.97 Å². The summed E-state index contributed by atoms with van der Waals surface area (Å²) in [6, 6.07) is 1.50. The summed E-state index contributed by atoms with van der Waals surface area (Å²) in [4.78, 5) is 26.0. The highest BCUT2D eigenvalue weighted by Gasteiger charge is 2.37. The molecular weight excluding hydrogens is 270 g/mol. The number of esters is 1. The summed E-state index contributed by atoms with van der Waals surface area (Å²) in [5, 5.41) is 4.46. The minimum absolute atomic E-state index is 0.0143.